The van der Waals surface area contributed by atoms with Crippen molar-refractivity contribution in [3.05, 3.63) is 48.0 Å². The lowest BCUT2D eigenvalue weighted by Gasteiger charge is -2.17. The molecule has 0 aliphatic heterocycles. The fraction of sp³-hybridized carbons (Fsp3) is 0.471. The van der Waals surface area contributed by atoms with Crippen molar-refractivity contribution in [1.82, 2.24) is 5.32 Å². The molecule has 0 saturated carbocycles. The van der Waals surface area contributed by atoms with Gasteiger partial charge in [0.2, 0.25) is 5.91 Å². The smallest absolute Gasteiger partial charge is 0.220 e. The summed E-state index contributed by atoms with van der Waals surface area (Å²) in [5.41, 5.74) is 1.31. The van der Waals surface area contributed by atoms with Crippen molar-refractivity contribution >= 4 is 5.91 Å². The first-order valence-corrected chi connectivity index (χ1v) is 7.28. The van der Waals surface area contributed by atoms with Crippen LogP contribution in [0.2, 0.25) is 0 Å². The molecule has 0 fully saturated rings. The second-order valence-corrected chi connectivity index (χ2v) is 5.29. The third-order valence-electron chi connectivity index (χ3n) is 3.87. The summed E-state index contributed by atoms with van der Waals surface area (Å²) < 4.78 is 0. The van der Waals surface area contributed by atoms with Gasteiger partial charge in [0.05, 0.1) is 0 Å². The molecule has 1 aromatic carbocycles. The van der Waals surface area contributed by atoms with Gasteiger partial charge in [-0.2, -0.15) is 0 Å². The van der Waals surface area contributed by atoms with E-state index in [1.807, 2.05) is 6.07 Å². The van der Waals surface area contributed by atoms with Crippen LogP contribution in [0.25, 0.3) is 0 Å². The van der Waals surface area contributed by atoms with Gasteiger partial charge in [0.25, 0.3) is 0 Å². The number of nitrogens with one attached hydrogen (secondary N) is 1. The molecular formula is C17H23NO. The lowest BCUT2D eigenvalue weighted by atomic mass is 9.96. The van der Waals surface area contributed by atoms with Gasteiger partial charge >= 0.3 is 0 Å². The van der Waals surface area contributed by atoms with Crippen molar-refractivity contribution in [2.24, 2.45) is 5.92 Å². The van der Waals surface area contributed by atoms with Gasteiger partial charge in [-0.15, -0.1) is 0 Å². The van der Waals surface area contributed by atoms with Gasteiger partial charge in [0.15, 0.2) is 0 Å². The van der Waals surface area contributed by atoms with Crippen LogP contribution in [-0.2, 0) is 4.79 Å². The molecule has 1 amide bonds. The van der Waals surface area contributed by atoms with E-state index in [4.69, 9.17) is 0 Å². The highest BCUT2D eigenvalue weighted by Crippen LogP contribution is 2.21. The van der Waals surface area contributed by atoms with Crippen molar-refractivity contribution in [2.75, 3.05) is 6.54 Å². The first kappa shape index (κ1) is 13.9. The number of benzene rings is 1. The summed E-state index contributed by atoms with van der Waals surface area (Å²) in [7, 11) is 0. The molecule has 1 aromatic rings. The molecule has 2 unspecified atom stereocenters. The van der Waals surface area contributed by atoms with E-state index in [1.165, 1.54) is 5.56 Å². The molecule has 1 N–H and O–H groups in total. The topological polar surface area (TPSA) is 29.1 Å². The summed E-state index contributed by atoms with van der Waals surface area (Å²) in [6.45, 7) is 2.92. The van der Waals surface area contributed by atoms with E-state index in [-0.39, 0.29) is 5.91 Å². The molecule has 0 bridgehead atoms. The number of carbonyl (C=O) groups excluding carboxylic acids is 1. The van der Waals surface area contributed by atoms with Crippen molar-refractivity contribution in [1.29, 1.82) is 0 Å². The van der Waals surface area contributed by atoms with Crippen molar-refractivity contribution < 1.29 is 4.79 Å². The molecular weight excluding hydrogens is 234 g/mol. The summed E-state index contributed by atoms with van der Waals surface area (Å²) in [4.78, 5) is 11.9. The van der Waals surface area contributed by atoms with E-state index in [2.05, 4.69) is 48.7 Å². The minimum absolute atomic E-state index is 0.186. The van der Waals surface area contributed by atoms with Crippen molar-refractivity contribution in [3.63, 3.8) is 0 Å². The third kappa shape index (κ3) is 4.23. The quantitative estimate of drug-likeness (QED) is 0.774. The van der Waals surface area contributed by atoms with E-state index >= 15 is 0 Å². The second-order valence-electron chi connectivity index (χ2n) is 5.29. The molecule has 2 rings (SSSR count). The van der Waals surface area contributed by atoms with Gasteiger partial charge in [0.1, 0.15) is 0 Å². The Kier molecular flexibility index (Phi) is 5.20. The minimum Gasteiger partial charge on any atom is -0.355 e. The fourth-order valence-corrected chi connectivity index (χ4v) is 2.64. The third-order valence-corrected chi connectivity index (χ3v) is 3.87. The molecule has 0 spiro atoms. The lowest BCUT2D eigenvalue weighted by molar-refractivity contribution is -0.121. The van der Waals surface area contributed by atoms with Crippen LogP contribution < -0.4 is 5.32 Å². The molecule has 1 aliphatic carbocycles. The van der Waals surface area contributed by atoms with Crippen LogP contribution in [0.1, 0.15) is 44.1 Å². The average molecular weight is 257 g/mol. The summed E-state index contributed by atoms with van der Waals surface area (Å²) in [6.07, 6.45) is 8.29. The second kappa shape index (κ2) is 7.13. The molecule has 0 radical (unpaired) electrons. The van der Waals surface area contributed by atoms with Crippen LogP contribution in [0.3, 0.4) is 0 Å². The highest BCUT2D eigenvalue weighted by atomic mass is 16.1. The molecule has 102 valence electrons. The van der Waals surface area contributed by atoms with Gasteiger partial charge in [-0.1, -0.05) is 49.4 Å². The SMILES string of the molecule is CCC(CNC(=O)CC1C=CCC1)c1ccccc1. The van der Waals surface area contributed by atoms with Crippen LogP contribution in [0.15, 0.2) is 42.5 Å². The number of rotatable bonds is 6. The van der Waals surface area contributed by atoms with Crippen LogP contribution >= 0.6 is 0 Å². The molecule has 0 heterocycles. The zero-order valence-corrected chi connectivity index (χ0v) is 11.6. The van der Waals surface area contributed by atoms with E-state index in [0.29, 0.717) is 18.3 Å². The monoisotopic (exact) mass is 257 g/mol. The zero-order chi connectivity index (χ0) is 13.5. The van der Waals surface area contributed by atoms with Crippen LogP contribution in [-0.4, -0.2) is 12.5 Å². The summed E-state index contributed by atoms with van der Waals surface area (Å²) in [5, 5.41) is 3.09. The predicted octanol–water partition coefficient (Wildman–Crippen LogP) is 3.65. The molecule has 19 heavy (non-hydrogen) atoms. The standard InChI is InChI=1S/C17H23NO/c1-2-15(16-10-4-3-5-11-16)13-18-17(19)12-14-8-6-7-9-14/h3-6,8,10-11,14-15H,2,7,9,12-13H2,1H3,(H,18,19). The van der Waals surface area contributed by atoms with Gasteiger partial charge < -0.3 is 5.32 Å². The zero-order valence-electron chi connectivity index (χ0n) is 11.6. The Morgan fingerprint density at radius 3 is 2.79 bits per heavy atom. The Labute approximate surface area is 115 Å². The Morgan fingerprint density at radius 2 is 2.16 bits per heavy atom. The molecule has 1 aliphatic rings. The Balaban J connectivity index is 1.79. The summed E-state index contributed by atoms with van der Waals surface area (Å²) in [5.74, 6) is 1.06. The minimum atomic E-state index is 0.186. The highest BCUT2D eigenvalue weighted by molar-refractivity contribution is 5.76. The first-order valence-electron chi connectivity index (χ1n) is 7.28. The van der Waals surface area contributed by atoms with E-state index in [9.17, 15) is 4.79 Å². The van der Waals surface area contributed by atoms with Gasteiger partial charge in [-0.3, -0.25) is 4.79 Å². The fourth-order valence-electron chi connectivity index (χ4n) is 2.64. The van der Waals surface area contributed by atoms with Gasteiger partial charge in [-0.25, -0.2) is 0 Å². The highest BCUT2D eigenvalue weighted by Gasteiger charge is 2.15. The summed E-state index contributed by atoms with van der Waals surface area (Å²) >= 11 is 0. The molecule has 2 nitrogen and oxygen atoms in total. The first-order chi connectivity index (χ1) is 9.29. The Hall–Kier alpha value is -1.57. The largest absolute Gasteiger partial charge is 0.355 e. The van der Waals surface area contributed by atoms with Crippen LogP contribution in [0.5, 0.6) is 0 Å². The number of hydrogen-bond acceptors (Lipinski definition) is 1. The maximum absolute atomic E-state index is 11.9. The van der Waals surface area contributed by atoms with Crippen molar-refractivity contribution in [2.45, 2.75) is 38.5 Å². The Bertz CT molecular complexity index is 424. The predicted molar refractivity (Wildman–Crippen MR) is 79.0 cm³/mol. The Morgan fingerprint density at radius 1 is 1.37 bits per heavy atom. The van der Waals surface area contributed by atoms with Crippen LogP contribution in [0, 0.1) is 5.92 Å². The van der Waals surface area contributed by atoms with E-state index in [0.717, 1.165) is 25.8 Å². The van der Waals surface area contributed by atoms with E-state index in [1.54, 1.807) is 0 Å². The molecule has 2 atom stereocenters. The van der Waals surface area contributed by atoms with Gasteiger partial charge in [0, 0.05) is 18.9 Å². The maximum atomic E-state index is 11.9. The molecule has 0 saturated heterocycles. The maximum Gasteiger partial charge on any atom is 0.220 e. The lowest BCUT2D eigenvalue weighted by Crippen LogP contribution is -2.29. The number of hydrogen-bond donors (Lipinski definition) is 1. The van der Waals surface area contributed by atoms with E-state index < -0.39 is 0 Å². The molecule has 2 heteroatoms. The normalized spacial score (nSPS) is 19.3. The van der Waals surface area contributed by atoms with Gasteiger partial charge in [-0.05, 0) is 30.7 Å². The summed E-state index contributed by atoms with van der Waals surface area (Å²) in [6, 6.07) is 10.4. The number of amides is 1. The van der Waals surface area contributed by atoms with Crippen LogP contribution in [0.4, 0.5) is 0 Å². The number of carbonyl (C=O) groups is 1. The number of allylic oxidation sites excluding steroid dienone is 2. The average Bonchev–Trinajstić information content (AvgIpc) is 2.93. The molecule has 0 aromatic heterocycles. The van der Waals surface area contributed by atoms with Crippen molar-refractivity contribution in [3.8, 4) is 0 Å².